The fourth-order valence-corrected chi connectivity index (χ4v) is 2.18. The zero-order valence-corrected chi connectivity index (χ0v) is 8.27. The van der Waals surface area contributed by atoms with Gasteiger partial charge in [-0.2, -0.15) is 5.26 Å². The van der Waals surface area contributed by atoms with Crippen molar-refractivity contribution in [2.24, 2.45) is 7.05 Å². The number of nitrogens with zero attached hydrogens (tertiary/aromatic N) is 5. The predicted molar refractivity (Wildman–Crippen MR) is 49.2 cm³/mol. The molecule has 0 N–H and O–H groups in total. The minimum Gasteiger partial charge on any atom is -0.231 e. The van der Waals surface area contributed by atoms with Gasteiger partial charge in [-0.05, 0) is 23.3 Å². The van der Waals surface area contributed by atoms with E-state index in [0.29, 0.717) is 0 Å². The standard InChI is InChI=1S/C9H13N5/c1-14-8(11-12-13-14)9(7-10)5-3-2-4-6-9/h2-6H2,1H3. The number of nitriles is 1. The molecule has 1 aliphatic carbocycles. The van der Waals surface area contributed by atoms with Crippen molar-refractivity contribution in [1.29, 1.82) is 5.26 Å². The number of aryl methyl sites for hydroxylation is 1. The Kier molecular flexibility index (Phi) is 2.20. The minimum absolute atomic E-state index is 0.434. The Bertz CT molecular complexity index is 356. The number of tetrazole rings is 1. The number of hydrogen-bond acceptors (Lipinski definition) is 4. The van der Waals surface area contributed by atoms with Crippen LogP contribution in [0.5, 0.6) is 0 Å². The molecule has 0 atom stereocenters. The molecule has 0 unspecified atom stereocenters. The fraction of sp³-hybridized carbons (Fsp3) is 0.778. The van der Waals surface area contributed by atoms with Crippen molar-refractivity contribution in [3.05, 3.63) is 5.82 Å². The maximum atomic E-state index is 9.28. The molecule has 1 aromatic rings. The lowest BCUT2D eigenvalue weighted by atomic mass is 9.74. The Morgan fingerprint density at radius 1 is 1.36 bits per heavy atom. The SMILES string of the molecule is Cn1nnnc1C1(C#N)CCCCC1. The quantitative estimate of drug-likeness (QED) is 0.662. The van der Waals surface area contributed by atoms with Gasteiger partial charge in [0.25, 0.3) is 0 Å². The molecule has 2 rings (SSSR count). The van der Waals surface area contributed by atoms with Gasteiger partial charge >= 0.3 is 0 Å². The van der Waals surface area contributed by atoms with Crippen molar-refractivity contribution in [2.45, 2.75) is 37.5 Å². The molecule has 1 aromatic heterocycles. The Morgan fingerprint density at radius 3 is 2.57 bits per heavy atom. The molecular weight excluding hydrogens is 178 g/mol. The Balaban J connectivity index is 2.38. The van der Waals surface area contributed by atoms with Crippen LogP contribution in [0.4, 0.5) is 0 Å². The van der Waals surface area contributed by atoms with Gasteiger partial charge in [0.15, 0.2) is 5.82 Å². The van der Waals surface area contributed by atoms with Crippen LogP contribution in [0.25, 0.3) is 0 Å². The summed E-state index contributed by atoms with van der Waals surface area (Å²) in [5, 5.41) is 20.6. The lowest BCUT2D eigenvalue weighted by Gasteiger charge is -2.28. The van der Waals surface area contributed by atoms with Crippen molar-refractivity contribution in [1.82, 2.24) is 20.2 Å². The highest BCUT2D eigenvalue weighted by Gasteiger charge is 2.38. The molecule has 0 saturated heterocycles. The van der Waals surface area contributed by atoms with Gasteiger partial charge in [-0.1, -0.05) is 19.3 Å². The molecule has 0 amide bonds. The van der Waals surface area contributed by atoms with Crippen LogP contribution in [0, 0.1) is 11.3 Å². The first-order chi connectivity index (χ1) is 6.78. The van der Waals surface area contributed by atoms with Gasteiger partial charge < -0.3 is 0 Å². The van der Waals surface area contributed by atoms with E-state index in [4.69, 9.17) is 0 Å². The summed E-state index contributed by atoms with van der Waals surface area (Å²) in [6.45, 7) is 0. The summed E-state index contributed by atoms with van der Waals surface area (Å²) in [6.07, 6.45) is 5.19. The van der Waals surface area contributed by atoms with E-state index in [2.05, 4.69) is 21.6 Å². The Morgan fingerprint density at radius 2 is 2.07 bits per heavy atom. The maximum Gasteiger partial charge on any atom is 0.171 e. The van der Waals surface area contributed by atoms with Gasteiger partial charge in [0.2, 0.25) is 0 Å². The van der Waals surface area contributed by atoms with Crippen LogP contribution in [0.15, 0.2) is 0 Å². The summed E-state index contributed by atoms with van der Waals surface area (Å²) >= 11 is 0. The molecular formula is C9H13N5. The van der Waals surface area contributed by atoms with Crippen LogP contribution in [0.3, 0.4) is 0 Å². The highest BCUT2D eigenvalue weighted by molar-refractivity contribution is 5.20. The second-order valence-corrected chi connectivity index (χ2v) is 3.88. The molecule has 5 heteroatoms. The zero-order valence-electron chi connectivity index (χ0n) is 8.27. The molecule has 0 spiro atoms. The van der Waals surface area contributed by atoms with Crippen LogP contribution >= 0.6 is 0 Å². The second kappa shape index (κ2) is 3.37. The van der Waals surface area contributed by atoms with E-state index < -0.39 is 5.41 Å². The summed E-state index contributed by atoms with van der Waals surface area (Å²) in [5.74, 6) is 0.722. The van der Waals surface area contributed by atoms with Crippen LogP contribution in [-0.4, -0.2) is 20.2 Å². The number of rotatable bonds is 1. The third-order valence-corrected chi connectivity index (χ3v) is 2.97. The van der Waals surface area contributed by atoms with Gasteiger partial charge in [0.05, 0.1) is 6.07 Å². The molecule has 0 bridgehead atoms. The molecule has 0 aromatic carbocycles. The summed E-state index contributed by atoms with van der Waals surface area (Å²) in [6, 6.07) is 2.40. The molecule has 74 valence electrons. The van der Waals surface area contributed by atoms with Crippen LogP contribution in [0.2, 0.25) is 0 Å². The van der Waals surface area contributed by atoms with E-state index >= 15 is 0 Å². The van der Waals surface area contributed by atoms with Crippen LogP contribution in [0.1, 0.15) is 37.9 Å². The van der Waals surface area contributed by atoms with Crippen LogP contribution < -0.4 is 0 Å². The molecule has 1 aliphatic rings. The highest BCUT2D eigenvalue weighted by atomic mass is 15.5. The predicted octanol–water partition coefficient (Wildman–Crippen LogP) is 0.936. The van der Waals surface area contributed by atoms with Gasteiger partial charge in [0.1, 0.15) is 5.41 Å². The van der Waals surface area contributed by atoms with Crippen molar-refractivity contribution >= 4 is 0 Å². The van der Waals surface area contributed by atoms with Crippen molar-refractivity contribution in [3.63, 3.8) is 0 Å². The number of aromatic nitrogens is 4. The smallest absolute Gasteiger partial charge is 0.171 e. The molecule has 14 heavy (non-hydrogen) atoms. The Labute approximate surface area is 82.7 Å². The average Bonchev–Trinajstić information content (AvgIpc) is 2.66. The van der Waals surface area contributed by atoms with Gasteiger partial charge in [-0.25, -0.2) is 4.68 Å². The lowest BCUT2D eigenvalue weighted by Crippen LogP contribution is -2.30. The van der Waals surface area contributed by atoms with Crippen molar-refractivity contribution < 1.29 is 0 Å². The normalized spacial score (nSPS) is 20.3. The summed E-state index contributed by atoms with van der Waals surface area (Å²) in [5.41, 5.74) is -0.434. The molecule has 1 saturated carbocycles. The Hall–Kier alpha value is -1.44. The summed E-state index contributed by atoms with van der Waals surface area (Å²) in [7, 11) is 1.79. The largest absolute Gasteiger partial charge is 0.231 e. The summed E-state index contributed by atoms with van der Waals surface area (Å²) in [4.78, 5) is 0. The average molecular weight is 191 g/mol. The number of hydrogen-bond donors (Lipinski definition) is 0. The first-order valence-electron chi connectivity index (χ1n) is 4.93. The van der Waals surface area contributed by atoms with E-state index in [0.717, 1.165) is 31.5 Å². The third-order valence-electron chi connectivity index (χ3n) is 2.97. The van der Waals surface area contributed by atoms with Crippen molar-refractivity contribution in [2.75, 3.05) is 0 Å². The van der Waals surface area contributed by atoms with Crippen molar-refractivity contribution in [3.8, 4) is 6.07 Å². The first-order valence-corrected chi connectivity index (χ1v) is 4.93. The lowest BCUT2D eigenvalue weighted by molar-refractivity contribution is 0.340. The molecule has 0 radical (unpaired) electrons. The van der Waals surface area contributed by atoms with Gasteiger partial charge in [-0.15, -0.1) is 5.10 Å². The van der Waals surface area contributed by atoms with E-state index in [1.54, 1.807) is 11.7 Å². The van der Waals surface area contributed by atoms with Gasteiger partial charge in [0, 0.05) is 7.05 Å². The highest BCUT2D eigenvalue weighted by Crippen LogP contribution is 2.37. The third kappa shape index (κ3) is 1.27. The van der Waals surface area contributed by atoms with E-state index in [1.165, 1.54) is 6.42 Å². The topological polar surface area (TPSA) is 67.4 Å². The molecule has 5 nitrogen and oxygen atoms in total. The van der Waals surface area contributed by atoms with Gasteiger partial charge in [-0.3, -0.25) is 0 Å². The first kappa shape index (κ1) is 9.13. The summed E-state index contributed by atoms with van der Waals surface area (Å²) < 4.78 is 1.62. The van der Waals surface area contributed by atoms with E-state index in [1.807, 2.05) is 0 Å². The van der Waals surface area contributed by atoms with E-state index in [9.17, 15) is 5.26 Å². The molecule has 1 fully saturated rings. The minimum atomic E-state index is -0.434. The monoisotopic (exact) mass is 191 g/mol. The zero-order chi connectivity index (χ0) is 10.0. The molecule has 1 heterocycles. The maximum absolute atomic E-state index is 9.28. The fourth-order valence-electron chi connectivity index (χ4n) is 2.18. The van der Waals surface area contributed by atoms with E-state index in [-0.39, 0.29) is 0 Å². The second-order valence-electron chi connectivity index (χ2n) is 3.88. The van der Waals surface area contributed by atoms with Crippen LogP contribution in [-0.2, 0) is 12.5 Å². The molecule has 0 aliphatic heterocycles.